The van der Waals surface area contributed by atoms with Crippen molar-refractivity contribution in [3.8, 4) is 0 Å². The summed E-state index contributed by atoms with van der Waals surface area (Å²) in [7, 11) is 1.00. The number of aliphatic hydroxyl groups is 1. The molecule has 0 saturated heterocycles. The number of nitrogens with zero attached hydrogens (tertiary/aromatic N) is 1. The van der Waals surface area contributed by atoms with E-state index >= 15 is 0 Å². The zero-order chi connectivity index (χ0) is 15.1. The van der Waals surface area contributed by atoms with Crippen LogP contribution in [0.1, 0.15) is 21.5 Å². The second-order valence-corrected chi connectivity index (χ2v) is 3.97. The molecule has 0 aromatic heterocycles. The van der Waals surface area contributed by atoms with Crippen LogP contribution in [-0.2, 0) is 0 Å². The van der Waals surface area contributed by atoms with E-state index in [1.165, 1.54) is 12.1 Å². The molecular weight excluding hydrogens is 258 g/mol. The predicted molar refractivity (Wildman–Crippen MR) is 75.9 cm³/mol. The van der Waals surface area contributed by atoms with Gasteiger partial charge in [-0.05, 0) is 18.6 Å². The van der Waals surface area contributed by atoms with E-state index in [0.717, 1.165) is 12.7 Å². The number of carbonyl (C=O) groups is 1. The third-order valence-corrected chi connectivity index (χ3v) is 2.63. The maximum Gasteiger partial charge on any atom is 0.280 e. The van der Waals surface area contributed by atoms with Crippen molar-refractivity contribution in [2.45, 2.75) is 6.92 Å². The molecule has 0 amide bonds. The molecule has 0 fully saturated rings. The summed E-state index contributed by atoms with van der Waals surface area (Å²) in [4.78, 5) is 22.6. The molecule has 5 heteroatoms. The van der Waals surface area contributed by atoms with Crippen molar-refractivity contribution in [3.05, 3.63) is 75.3 Å². The minimum absolute atomic E-state index is 0.122. The lowest BCUT2D eigenvalue weighted by atomic mass is 10.0. The Morgan fingerprint density at radius 2 is 1.70 bits per heavy atom. The van der Waals surface area contributed by atoms with Crippen molar-refractivity contribution in [3.63, 3.8) is 0 Å². The fourth-order valence-corrected chi connectivity index (χ4v) is 1.73. The second kappa shape index (κ2) is 7.16. The monoisotopic (exact) mass is 273 g/mol. The number of nitro groups is 1. The summed E-state index contributed by atoms with van der Waals surface area (Å²) in [5.74, 6) is -0.331. The first kappa shape index (κ1) is 15.5. The quantitative estimate of drug-likeness (QED) is 0.529. The Kier molecular flexibility index (Phi) is 5.56. The van der Waals surface area contributed by atoms with Crippen LogP contribution in [0.4, 0.5) is 5.69 Å². The molecular formula is C15H15NO4. The van der Waals surface area contributed by atoms with Crippen LogP contribution in [0.2, 0.25) is 0 Å². The maximum atomic E-state index is 12.2. The molecule has 0 radical (unpaired) electrons. The molecule has 20 heavy (non-hydrogen) atoms. The fourth-order valence-electron chi connectivity index (χ4n) is 1.73. The minimum Gasteiger partial charge on any atom is -0.400 e. The zero-order valence-electron chi connectivity index (χ0n) is 11.2. The molecule has 0 unspecified atom stereocenters. The van der Waals surface area contributed by atoms with E-state index in [9.17, 15) is 14.9 Å². The third-order valence-electron chi connectivity index (χ3n) is 2.63. The highest BCUT2D eigenvalue weighted by Gasteiger charge is 2.20. The molecule has 5 nitrogen and oxygen atoms in total. The lowest BCUT2D eigenvalue weighted by molar-refractivity contribution is -0.385. The van der Waals surface area contributed by atoms with E-state index in [1.54, 1.807) is 43.3 Å². The molecule has 0 aliphatic heterocycles. The van der Waals surface area contributed by atoms with Crippen molar-refractivity contribution < 1.29 is 14.8 Å². The fraction of sp³-hybridized carbons (Fsp3) is 0.133. The molecule has 0 aliphatic rings. The van der Waals surface area contributed by atoms with E-state index in [1.807, 2.05) is 0 Å². The Bertz CT molecular complexity index is 609. The summed E-state index contributed by atoms with van der Waals surface area (Å²) >= 11 is 0. The van der Waals surface area contributed by atoms with E-state index < -0.39 is 4.92 Å². The molecule has 0 aliphatic carbocycles. The van der Waals surface area contributed by atoms with Gasteiger partial charge in [0.1, 0.15) is 5.56 Å². The van der Waals surface area contributed by atoms with Gasteiger partial charge >= 0.3 is 0 Å². The molecule has 0 spiro atoms. The summed E-state index contributed by atoms with van der Waals surface area (Å²) in [5.41, 5.74) is 1.18. The van der Waals surface area contributed by atoms with Gasteiger partial charge in [0.05, 0.1) is 4.92 Å². The van der Waals surface area contributed by atoms with Gasteiger partial charge in [-0.25, -0.2) is 0 Å². The van der Waals surface area contributed by atoms with Crippen LogP contribution in [0, 0.1) is 17.0 Å². The van der Waals surface area contributed by atoms with Crippen LogP contribution in [0.5, 0.6) is 0 Å². The first-order valence-corrected chi connectivity index (χ1v) is 5.89. The summed E-state index contributed by atoms with van der Waals surface area (Å²) < 4.78 is 0. The van der Waals surface area contributed by atoms with Crippen molar-refractivity contribution in [2.75, 3.05) is 7.11 Å². The smallest absolute Gasteiger partial charge is 0.280 e. The van der Waals surface area contributed by atoms with Crippen LogP contribution in [0.15, 0.2) is 48.5 Å². The Labute approximate surface area is 116 Å². The lowest BCUT2D eigenvalue weighted by Crippen LogP contribution is -2.05. The van der Waals surface area contributed by atoms with Gasteiger partial charge in [0.25, 0.3) is 5.69 Å². The van der Waals surface area contributed by atoms with Gasteiger partial charge in [-0.1, -0.05) is 36.4 Å². The van der Waals surface area contributed by atoms with Crippen LogP contribution >= 0.6 is 0 Å². The Morgan fingerprint density at radius 1 is 1.10 bits per heavy atom. The number of rotatable bonds is 3. The van der Waals surface area contributed by atoms with Crippen LogP contribution in [0.3, 0.4) is 0 Å². The van der Waals surface area contributed by atoms with Crippen molar-refractivity contribution in [1.82, 2.24) is 0 Å². The number of nitro benzene ring substituents is 1. The maximum absolute atomic E-state index is 12.2. The third kappa shape index (κ3) is 3.49. The highest BCUT2D eigenvalue weighted by molar-refractivity contribution is 6.11. The number of hydrogen-bond donors (Lipinski definition) is 1. The van der Waals surface area contributed by atoms with Crippen molar-refractivity contribution >= 4 is 11.5 Å². The van der Waals surface area contributed by atoms with Gasteiger partial charge in [0.15, 0.2) is 5.78 Å². The number of aryl methyl sites for hydroxylation is 1. The number of carbonyl (C=O) groups excluding carboxylic acids is 1. The number of hydrogen-bond acceptors (Lipinski definition) is 4. The summed E-state index contributed by atoms with van der Waals surface area (Å²) in [6.45, 7) is 1.75. The van der Waals surface area contributed by atoms with E-state index in [0.29, 0.717) is 5.56 Å². The Hall–Kier alpha value is -2.53. The molecule has 2 aromatic carbocycles. The normalized spacial score (nSPS) is 9.35. The number of ketones is 1. The summed E-state index contributed by atoms with van der Waals surface area (Å²) in [6.07, 6.45) is 0. The highest BCUT2D eigenvalue weighted by atomic mass is 16.6. The van der Waals surface area contributed by atoms with Gasteiger partial charge in [0, 0.05) is 18.7 Å². The minimum atomic E-state index is -0.525. The average molecular weight is 273 g/mol. The van der Waals surface area contributed by atoms with E-state index in [4.69, 9.17) is 5.11 Å². The average Bonchev–Trinajstić information content (AvgIpc) is 2.49. The standard InChI is InChI=1S/C14H11NO3.CH4O/c1-10-7-8-12(13(9-10)15(17)18)14(16)11-5-3-2-4-6-11;1-2/h2-9H,1H3;2H,1H3. The van der Waals surface area contributed by atoms with Crippen molar-refractivity contribution in [2.24, 2.45) is 0 Å². The summed E-state index contributed by atoms with van der Waals surface area (Å²) in [6, 6.07) is 13.2. The molecule has 0 atom stereocenters. The van der Waals surface area contributed by atoms with E-state index in [-0.39, 0.29) is 17.0 Å². The molecule has 2 aromatic rings. The first-order valence-electron chi connectivity index (χ1n) is 5.89. The van der Waals surface area contributed by atoms with Crippen LogP contribution in [0.25, 0.3) is 0 Å². The molecule has 104 valence electrons. The number of benzene rings is 2. The first-order chi connectivity index (χ1) is 9.59. The van der Waals surface area contributed by atoms with Gasteiger partial charge in [-0.15, -0.1) is 0 Å². The van der Waals surface area contributed by atoms with Gasteiger partial charge in [-0.3, -0.25) is 14.9 Å². The molecule has 0 bridgehead atoms. The second-order valence-electron chi connectivity index (χ2n) is 3.97. The SMILES string of the molecule is CO.Cc1ccc(C(=O)c2ccccc2)c([N+](=O)[O-])c1. The topological polar surface area (TPSA) is 80.4 Å². The van der Waals surface area contributed by atoms with Gasteiger partial charge < -0.3 is 5.11 Å². The summed E-state index contributed by atoms with van der Waals surface area (Å²) in [5, 5.41) is 18.0. The van der Waals surface area contributed by atoms with Crippen LogP contribution < -0.4 is 0 Å². The molecule has 0 heterocycles. The Morgan fingerprint density at radius 3 is 2.25 bits per heavy atom. The molecule has 2 rings (SSSR count). The zero-order valence-corrected chi connectivity index (χ0v) is 11.2. The van der Waals surface area contributed by atoms with Gasteiger partial charge in [0.2, 0.25) is 0 Å². The number of aliphatic hydroxyl groups excluding tert-OH is 1. The lowest BCUT2D eigenvalue weighted by Gasteiger charge is -2.03. The molecule has 0 saturated carbocycles. The van der Waals surface area contributed by atoms with E-state index in [2.05, 4.69) is 0 Å². The highest BCUT2D eigenvalue weighted by Crippen LogP contribution is 2.22. The van der Waals surface area contributed by atoms with Crippen LogP contribution in [-0.4, -0.2) is 22.9 Å². The van der Waals surface area contributed by atoms with Gasteiger partial charge in [-0.2, -0.15) is 0 Å². The Balaban J connectivity index is 0.000000956. The van der Waals surface area contributed by atoms with Crippen molar-refractivity contribution in [1.29, 1.82) is 0 Å². The largest absolute Gasteiger partial charge is 0.400 e. The molecule has 1 N–H and O–H groups in total. The predicted octanol–water partition coefficient (Wildman–Crippen LogP) is 2.74.